The number of ether oxygens (including phenoxy) is 1. The molecule has 0 aliphatic rings. The van der Waals surface area contributed by atoms with Crippen LogP contribution >= 0.6 is 0 Å². The monoisotopic (exact) mass is 864 g/mol. The van der Waals surface area contributed by atoms with Crippen LogP contribution in [0.5, 0.6) is 0 Å². The van der Waals surface area contributed by atoms with Gasteiger partial charge in [0.15, 0.2) is 0 Å². The third-order valence-electron chi connectivity index (χ3n) is 11.3. The van der Waals surface area contributed by atoms with Crippen LogP contribution in [-0.4, -0.2) is 46.9 Å². The van der Waals surface area contributed by atoms with Gasteiger partial charge in [-0.3, -0.25) is 9.59 Å². The lowest BCUT2D eigenvalue weighted by Crippen LogP contribution is -2.46. The fourth-order valence-electron chi connectivity index (χ4n) is 7.39. The normalized spacial score (nSPS) is 14.0. The van der Waals surface area contributed by atoms with Gasteiger partial charge in [0.1, 0.15) is 6.10 Å². The fourth-order valence-corrected chi connectivity index (χ4v) is 7.39. The zero-order valence-electron chi connectivity index (χ0n) is 40.5. The Kier molecular flexibility index (Phi) is 46.7. The average molecular weight is 864 g/mol. The molecule has 3 atom stereocenters. The van der Waals surface area contributed by atoms with E-state index in [0.717, 1.165) is 83.5 Å². The van der Waals surface area contributed by atoms with Crippen LogP contribution in [0.4, 0.5) is 0 Å². The number of amides is 1. The SMILES string of the molecule is CC/C=C/C=C/C=C\C=C/CCCCCC(=O)OC(CCCC/C=C\C/C=C\C/C=C\CCCCC)CC(=O)NC(CO)C(O)CCCCCCCCCCCCCCCCC. The second-order valence-corrected chi connectivity index (χ2v) is 17.3. The summed E-state index contributed by atoms with van der Waals surface area (Å²) in [5, 5.41) is 23.8. The molecule has 3 N–H and O–H groups in total. The molecule has 62 heavy (non-hydrogen) atoms. The average Bonchev–Trinajstić information content (AvgIpc) is 3.26. The summed E-state index contributed by atoms with van der Waals surface area (Å²) >= 11 is 0. The van der Waals surface area contributed by atoms with Gasteiger partial charge in [-0.25, -0.2) is 0 Å². The Morgan fingerprint density at radius 3 is 1.50 bits per heavy atom. The van der Waals surface area contributed by atoms with Crippen LogP contribution in [0.2, 0.25) is 0 Å². The van der Waals surface area contributed by atoms with Crippen LogP contribution in [0.15, 0.2) is 85.1 Å². The molecule has 0 saturated carbocycles. The van der Waals surface area contributed by atoms with E-state index in [9.17, 15) is 19.8 Å². The van der Waals surface area contributed by atoms with Crippen LogP contribution in [0.1, 0.15) is 233 Å². The van der Waals surface area contributed by atoms with E-state index in [2.05, 4.69) is 80.8 Å². The molecule has 0 rings (SSSR count). The van der Waals surface area contributed by atoms with Crippen molar-refractivity contribution in [2.24, 2.45) is 0 Å². The van der Waals surface area contributed by atoms with Crippen LogP contribution in [-0.2, 0) is 14.3 Å². The van der Waals surface area contributed by atoms with E-state index in [1.807, 2.05) is 30.4 Å². The molecule has 0 aromatic rings. The smallest absolute Gasteiger partial charge is 0.306 e. The number of allylic oxidation sites excluding steroid dienone is 14. The lowest BCUT2D eigenvalue weighted by atomic mass is 10.0. The number of carbonyl (C=O) groups is 2. The van der Waals surface area contributed by atoms with Crippen LogP contribution < -0.4 is 5.32 Å². The molecule has 0 aromatic heterocycles. The van der Waals surface area contributed by atoms with Gasteiger partial charge < -0.3 is 20.3 Å². The third-order valence-corrected chi connectivity index (χ3v) is 11.3. The summed E-state index contributed by atoms with van der Waals surface area (Å²) < 4.78 is 5.89. The van der Waals surface area contributed by atoms with Crippen LogP contribution in [0.3, 0.4) is 0 Å². The molecule has 6 heteroatoms. The molecule has 0 saturated heterocycles. The Labute approximate surface area is 383 Å². The van der Waals surface area contributed by atoms with E-state index < -0.39 is 18.2 Å². The van der Waals surface area contributed by atoms with Crippen molar-refractivity contribution in [2.45, 2.75) is 251 Å². The highest BCUT2D eigenvalue weighted by Crippen LogP contribution is 2.17. The van der Waals surface area contributed by atoms with Crippen molar-refractivity contribution < 1.29 is 24.5 Å². The standard InChI is InChI=1S/C56H97NO5/c1-4-7-10-13-16-19-22-25-27-30-32-35-38-41-44-47-52(62-56(61)49-46-43-40-37-34-29-24-21-18-15-12-9-6-3)50-55(60)57-53(51-58)54(59)48-45-42-39-36-33-31-28-26-23-20-17-14-11-8-5-2/h9,12,15-16,18-19,21,24-25,27,29,32,34-35,52-54,58-59H,4-8,10-11,13-14,17,20,22-23,26,28,30-31,33,36-51H2,1-3H3,(H,57,60)/b12-9+,18-15+,19-16-,24-21-,27-25-,34-29-,35-32-. The predicted octanol–water partition coefficient (Wildman–Crippen LogP) is 15.6. The van der Waals surface area contributed by atoms with Gasteiger partial charge in [0.05, 0.1) is 25.2 Å². The van der Waals surface area contributed by atoms with Crippen molar-refractivity contribution in [3.8, 4) is 0 Å². The van der Waals surface area contributed by atoms with Crippen molar-refractivity contribution in [2.75, 3.05) is 6.61 Å². The molecule has 0 aliphatic heterocycles. The van der Waals surface area contributed by atoms with E-state index in [4.69, 9.17) is 4.74 Å². The second-order valence-electron chi connectivity index (χ2n) is 17.3. The van der Waals surface area contributed by atoms with Crippen molar-refractivity contribution >= 4 is 11.9 Å². The predicted molar refractivity (Wildman–Crippen MR) is 268 cm³/mol. The summed E-state index contributed by atoms with van der Waals surface area (Å²) in [6.45, 7) is 6.29. The summed E-state index contributed by atoms with van der Waals surface area (Å²) in [5.41, 5.74) is 0. The molecule has 356 valence electrons. The molecule has 1 amide bonds. The van der Waals surface area contributed by atoms with E-state index in [0.29, 0.717) is 19.3 Å². The third kappa shape index (κ3) is 43.7. The minimum absolute atomic E-state index is 0.0317. The summed E-state index contributed by atoms with van der Waals surface area (Å²) in [4.78, 5) is 26.1. The Hall–Kier alpha value is -2.96. The van der Waals surface area contributed by atoms with Gasteiger partial charge in [-0.15, -0.1) is 0 Å². The molecule has 0 heterocycles. The van der Waals surface area contributed by atoms with E-state index >= 15 is 0 Å². The maximum atomic E-state index is 13.2. The molecular formula is C56H97NO5. The first-order valence-electron chi connectivity index (χ1n) is 25.9. The van der Waals surface area contributed by atoms with Crippen molar-refractivity contribution in [3.05, 3.63) is 85.1 Å². The summed E-state index contributed by atoms with van der Waals surface area (Å²) in [7, 11) is 0. The number of esters is 1. The number of hydrogen-bond donors (Lipinski definition) is 3. The van der Waals surface area contributed by atoms with Gasteiger partial charge in [0, 0.05) is 6.42 Å². The van der Waals surface area contributed by atoms with Gasteiger partial charge in [-0.05, 0) is 83.5 Å². The minimum atomic E-state index is -0.809. The largest absolute Gasteiger partial charge is 0.462 e. The molecule has 0 fully saturated rings. The number of aliphatic hydroxyl groups excluding tert-OH is 2. The molecular weight excluding hydrogens is 767 g/mol. The zero-order chi connectivity index (χ0) is 45.2. The van der Waals surface area contributed by atoms with Gasteiger partial charge in [0.2, 0.25) is 5.91 Å². The molecule has 6 nitrogen and oxygen atoms in total. The van der Waals surface area contributed by atoms with Crippen LogP contribution in [0.25, 0.3) is 0 Å². The topological polar surface area (TPSA) is 95.9 Å². The van der Waals surface area contributed by atoms with Gasteiger partial charge >= 0.3 is 5.97 Å². The fraction of sp³-hybridized carbons (Fsp3) is 0.714. The first-order valence-corrected chi connectivity index (χ1v) is 25.9. The number of hydrogen-bond acceptors (Lipinski definition) is 5. The number of unbranched alkanes of at least 4 members (excludes halogenated alkanes) is 22. The highest BCUT2D eigenvalue weighted by molar-refractivity contribution is 5.77. The Balaban J connectivity index is 4.70. The summed E-state index contributed by atoms with van der Waals surface area (Å²) in [6, 6.07) is -0.726. The maximum absolute atomic E-state index is 13.2. The van der Waals surface area contributed by atoms with Crippen molar-refractivity contribution in [1.29, 1.82) is 0 Å². The highest BCUT2D eigenvalue weighted by Gasteiger charge is 2.24. The maximum Gasteiger partial charge on any atom is 0.306 e. The first kappa shape index (κ1) is 59.0. The van der Waals surface area contributed by atoms with Crippen LogP contribution in [0, 0.1) is 0 Å². The Morgan fingerprint density at radius 1 is 0.500 bits per heavy atom. The van der Waals surface area contributed by atoms with E-state index in [1.54, 1.807) is 0 Å². The number of nitrogens with one attached hydrogen (secondary N) is 1. The van der Waals surface area contributed by atoms with E-state index in [1.165, 1.54) is 103 Å². The molecule has 0 bridgehead atoms. The Bertz CT molecular complexity index is 1200. The molecule has 0 aromatic carbocycles. The van der Waals surface area contributed by atoms with Gasteiger partial charge in [-0.1, -0.05) is 221 Å². The molecule has 0 aliphatic carbocycles. The summed E-state index contributed by atoms with van der Waals surface area (Å²) in [5.74, 6) is -0.562. The van der Waals surface area contributed by atoms with Gasteiger partial charge in [0.25, 0.3) is 0 Å². The highest BCUT2D eigenvalue weighted by atomic mass is 16.5. The number of carbonyl (C=O) groups excluding carboxylic acids is 2. The second kappa shape index (κ2) is 49.1. The molecule has 0 spiro atoms. The lowest BCUT2D eigenvalue weighted by Gasteiger charge is -2.24. The first-order chi connectivity index (χ1) is 30.5. The van der Waals surface area contributed by atoms with Crippen molar-refractivity contribution in [1.82, 2.24) is 5.32 Å². The Morgan fingerprint density at radius 2 is 0.935 bits per heavy atom. The van der Waals surface area contributed by atoms with Gasteiger partial charge in [-0.2, -0.15) is 0 Å². The number of rotatable bonds is 45. The number of aliphatic hydroxyl groups is 2. The minimum Gasteiger partial charge on any atom is -0.462 e. The molecule has 0 radical (unpaired) electrons. The summed E-state index contributed by atoms with van der Waals surface area (Å²) in [6.07, 6.45) is 63.5. The zero-order valence-corrected chi connectivity index (χ0v) is 40.5. The molecule has 3 unspecified atom stereocenters. The lowest BCUT2D eigenvalue weighted by molar-refractivity contribution is -0.151. The quantitative estimate of drug-likeness (QED) is 0.0245. The van der Waals surface area contributed by atoms with E-state index in [-0.39, 0.29) is 24.9 Å². The van der Waals surface area contributed by atoms with Crippen molar-refractivity contribution in [3.63, 3.8) is 0 Å².